The number of nitrogens with zero attached hydrogens (tertiary/aromatic N) is 2. The van der Waals surface area contributed by atoms with Crippen LogP contribution in [-0.2, 0) is 14.4 Å². The number of ketones is 2. The molecule has 8 heteroatoms. The first kappa shape index (κ1) is 24.5. The van der Waals surface area contributed by atoms with Crippen molar-refractivity contribution in [3.63, 3.8) is 0 Å². The Balaban J connectivity index is 1.54. The Morgan fingerprint density at radius 3 is 2.39 bits per heavy atom. The summed E-state index contributed by atoms with van der Waals surface area (Å²) in [6.45, 7) is 1.83. The van der Waals surface area contributed by atoms with E-state index in [1.165, 1.54) is 22.9 Å². The van der Waals surface area contributed by atoms with Gasteiger partial charge in [0.05, 0.1) is 12.2 Å². The first-order valence-electron chi connectivity index (χ1n) is 11.6. The Kier molecular flexibility index (Phi) is 7.34. The number of rotatable bonds is 8. The number of carbonyl (C=O) groups is 3. The Morgan fingerprint density at radius 2 is 1.69 bits per heavy atom. The summed E-state index contributed by atoms with van der Waals surface area (Å²) >= 11 is 0. The second-order valence-electron chi connectivity index (χ2n) is 8.55. The van der Waals surface area contributed by atoms with Gasteiger partial charge in [0.25, 0.3) is 5.56 Å². The number of allylic oxidation sites excluding steroid dienone is 3. The second-order valence-corrected chi connectivity index (χ2v) is 8.55. The van der Waals surface area contributed by atoms with Crippen LogP contribution in [0.5, 0.6) is 0 Å². The van der Waals surface area contributed by atoms with Gasteiger partial charge < -0.3 is 11.1 Å². The zero-order chi connectivity index (χ0) is 25.7. The molecule has 0 fully saturated rings. The summed E-state index contributed by atoms with van der Waals surface area (Å²) in [5, 5.41) is 2.89. The number of nitrogen functional groups attached to an aromatic ring is 1. The molecule has 3 aromatic rings. The van der Waals surface area contributed by atoms with Crippen LogP contribution < -0.4 is 16.6 Å². The highest BCUT2D eigenvalue weighted by atomic mass is 16.2. The van der Waals surface area contributed by atoms with Crippen molar-refractivity contribution in [1.82, 2.24) is 14.9 Å². The van der Waals surface area contributed by atoms with E-state index in [0.717, 1.165) is 5.56 Å². The SMILES string of the molecule is CC(CCC(=O)NC(C1=CC=CC(=O)C1=O)c1ccccc1)n1c(-c2ccccc2)ncc(N)c1=O. The van der Waals surface area contributed by atoms with Gasteiger partial charge in [-0.15, -0.1) is 0 Å². The molecule has 0 aliphatic heterocycles. The van der Waals surface area contributed by atoms with Crippen molar-refractivity contribution in [3.05, 3.63) is 107 Å². The molecule has 36 heavy (non-hydrogen) atoms. The zero-order valence-corrected chi connectivity index (χ0v) is 19.8. The van der Waals surface area contributed by atoms with Gasteiger partial charge in [0.1, 0.15) is 11.5 Å². The highest BCUT2D eigenvalue weighted by Gasteiger charge is 2.29. The van der Waals surface area contributed by atoms with Crippen LogP contribution in [0, 0.1) is 0 Å². The van der Waals surface area contributed by atoms with Crippen molar-refractivity contribution >= 4 is 23.2 Å². The molecule has 1 aliphatic rings. The lowest BCUT2D eigenvalue weighted by Gasteiger charge is -2.23. The second kappa shape index (κ2) is 10.8. The maximum atomic E-state index is 13.0. The number of nitrogens with two attached hydrogens (primary N) is 1. The fraction of sp³-hybridized carbons (Fsp3) is 0.179. The van der Waals surface area contributed by atoms with Crippen LogP contribution in [0.4, 0.5) is 5.69 Å². The fourth-order valence-corrected chi connectivity index (χ4v) is 4.14. The molecule has 3 N–H and O–H groups in total. The zero-order valence-electron chi connectivity index (χ0n) is 19.8. The summed E-state index contributed by atoms with van der Waals surface area (Å²) in [7, 11) is 0. The molecule has 2 unspecified atom stereocenters. The number of anilines is 1. The van der Waals surface area contributed by atoms with E-state index in [1.54, 1.807) is 30.3 Å². The molecule has 0 saturated heterocycles. The Bertz CT molecular complexity index is 1410. The number of nitrogens with one attached hydrogen (secondary N) is 1. The Labute approximate surface area is 208 Å². The summed E-state index contributed by atoms with van der Waals surface area (Å²) in [6.07, 6.45) is 6.01. The monoisotopic (exact) mass is 482 g/mol. The van der Waals surface area contributed by atoms with Crippen molar-refractivity contribution in [2.45, 2.75) is 31.8 Å². The maximum absolute atomic E-state index is 13.0. The van der Waals surface area contributed by atoms with Crippen molar-refractivity contribution in [2.75, 3.05) is 5.73 Å². The average Bonchev–Trinajstić information content (AvgIpc) is 2.90. The number of hydrogen-bond acceptors (Lipinski definition) is 6. The first-order chi connectivity index (χ1) is 17.4. The fourth-order valence-electron chi connectivity index (χ4n) is 4.14. The largest absolute Gasteiger partial charge is 0.393 e. The van der Waals surface area contributed by atoms with Gasteiger partial charge in [-0.1, -0.05) is 72.8 Å². The van der Waals surface area contributed by atoms with E-state index >= 15 is 0 Å². The van der Waals surface area contributed by atoms with Crippen LogP contribution in [0.1, 0.15) is 37.4 Å². The Hall–Kier alpha value is -4.59. The van der Waals surface area contributed by atoms with E-state index in [9.17, 15) is 19.2 Å². The molecule has 4 rings (SSSR count). The van der Waals surface area contributed by atoms with E-state index < -0.39 is 17.6 Å². The summed E-state index contributed by atoms with van der Waals surface area (Å²) in [5.41, 5.74) is 7.15. The van der Waals surface area contributed by atoms with Gasteiger partial charge in [-0.3, -0.25) is 23.7 Å². The minimum Gasteiger partial charge on any atom is -0.393 e. The number of carbonyl (C=O) groups excluding carboxylic acids is 3. The summed E-state index contributed by atoms with van der Waals surface area (Å²) in [6, 6.07) is 17.1. The van der Waals surface area contributed by atoms with Crippen molar-refractivity contribution in [2.24, 2.45) is 0 Å². The van der Waals surface area contributed by atoms with E-state index in [0.29, 0.717) is 17.8 Å². The average molecular weight is 483 g/mol. The van der Waals surface area contributed by atoms with Gasteiger partial charge in [0.2, 0.25) is 17.5 Å². The minimum atomic E-state index is -0.771. The quantitative estimate of drug-likeness (QED) is 0.375. The number of aromatic nitrogens is 2. The van der Waals surface area contributed by atoms with Crippen LogP contribution in [0.25, 0.3) is 11.4 Å². The topological polar surface area (TPSA) is 124 Å². The van der Waals surface area contributed by atoms with Gasteiger partial charge in [0.15, 0.2) is 0 Å². The first-order valence-corrected chi connectivity index (χ1v) is 11.6. The normalized spacial score (nSPS) is 14.8. The predicted octanol–water partition coefficient (Wildman–Crippen LogP) is 3.33. The number of benzene rings is 2. The van der Waals surface area contributed by atoms with Gasteiger partial charge >= 0.3 is 0 Å². The molecule has 2 atom stereocenters. The molecule has 1 aromatic heterocycles. The number of hydrogen-bond donors (Lipinski definition) is 2. The van der Waals surface area contributed by atoms with Gasteiger partial charge in [-0.05, 0) is 25.0 Å². The molecular weight excluding hydrogens is 456 g/mol. The predicted molar refractivity (Wildman–Crippen MR) is 137 cm³/mol. The summed E-state index contributed by atoms with van der Waals surface area (Å²) in [5.74, 6) is -1.13. The molecule has 182 valence electrons. The third-order valence-electron chi connectivity index (χ3n) is 6.04. The lowest BCUT2D eigenvalue weighted by atomic mass is 9.90. The molecular formula is C28H26N4O4. The van der Waals surface area contributed by atoms with Crippen molar-refractivity contribution in [1.29, 1.82) is 0 Å². The smallest absolute Gasteiger partial charge is 0.277 e. The standard InChI is InChI=1S/C28H26N4O4/c1-18(32-27(20-11-6-3-7-12-20)30-17-22(29)28(32)36)15-16-24(34)31-25(19-9-4-2-5-10-19)21-13-8-14-23(33)26(21)35/h2-14,17-18,25H,15-16,29H2,1H3,(H,31,34). The van der Waals surface area contributed by atoms with Crippen LogP contribution in [0.2, 0.25) is 0 Å². The molecule has 0 saturated carbocycles. The highest BCUT2D eigenvalue weighted by molar-refractivity contribution is 6.48. The molecule has 8 nitrogen and oxygen atoms in total. The minimum absolute atomic E-state index is 0.0237. The van der Waals surface area contributed by atoms with Crippen molar-refractivity contribution < 1.29 is 14.4 Å². The Morgan fingerprint density at radius 1 is 1.03 bits per heavy atom. The third-order valence-corrected chi connectivity index (χ3v) is 6.04. The van der Waals surface area contributed by atoms with E-state index in [1.807, 2.05) is 43.3 Å². The van der Waals surface area contributed by atoms with E-state index in [4.69, 9.17) is 5.73 Å². The maximum Gasteiger partial charge on any atom is 0.277 e. The number of amides is 1. The van der Waals surface area contributed by atoms with Crippen molar-refractivity contribution in [3.8, 4) is 11.4 Å². The van der Waals surface area contributed by atoms with E-state index in [2.05, 4.69) is 10.3 Å². The number of Topliss-reactive ketones (excluding diaryl/α,β-unsaturated/α-hetero) is 1. The molecule has 1 heterocycles. The lowest BCUT2D eigenvalue weighted by molar-refractivity contribution is -0.132. The lowest BCUT2D eigenvalue weighted by Crippen LogP contribution is -2.34. The van der Waals surface area contributed by atoms with Crippen LogP contribution in [-0.4, -0.2) is 27.0 Å². The molecule has 0 bridgehead atoms. The summed E-state index contributed by atoms with van der Waals surface area (Å²) < 4.78 is 1.50. The van der Waals surface area contributed by atoms with Gasteiger partial charge in [-0.25, -0.2) is 4.98 Å². The molecule has 1 amide bonds. The van der Waals surface area contributed by atoms with Crippen LogP contribution in [0.3, 0.4) is 0 Å². The highest BCUT2D eigenvalue weighted by Crippen LogP contribution is 2.26. The van der Waals surface area contributed by atoms with Gasteiger partial charge in [0, 0.05) is 23.6 Å². The molecule has 0 radical (unpaired) electrons. The van der Waals surface area contributed by atoms with E-state index in [-0.39, 0.29) is 35.2 Å². The summed E-state index contributed by atoms with van der Waals surface area (Å²) in [4.78, 5) is 54.8. The van der Waals surface area contributed by atoms with Crippen LogP contribution in [0.15, 0.2) is 95.5 Å². The van der Waals surface area contributed by atoms with Crippen LogP contribution >= 0.6 is 0 Å². The molecule has 1 aliphatic carbocycles. The molecule has 0 spiro atoms. The molecule has 2 aromatic carbocycles. The van der Waals surface area contributed by atoms with Gasteiger partial charge in [-0.2, -0.15) is 0 Å². The third kappa shape index (κ3) is 5.22.